The van der Waals surface area contributed by atoms with E-state index in [0.717, 1.165) is 6.04 Å². The molecular formula is C9H23NS. The molecule has 1 fully saturated rings. The van der Waals surface area contributed by atoms with Gasteiger partial charge in [-0.15, -0.1) is 0 Å². The van der Waals surface area contributed by atoms with Gasteiger partial charge in [-0.1, -0.05) is 20.8 Å². The summed E-state index contributed by atoms with van der Waals surface area (Å²) >= 11 is 3.53. The molecule has 0 aromatic carbocycles. The lowest BCUT2D eigenvalue weighted by Crippen LogP contribution is -2.19. The molecule has 0 amide bonds. The highest BCUT2D eigenvalue weighted by Gasteiger charge is 2.09. The van der Waals surface area contributed by atoms with Gasteiger partial charge in [0.1, 0.15) is 0 Å². The molecule has 0 aromatic rings. The average molecular weight is 177 g/mol. The van der Waals surface area contributed by atoms with Crippen molar-refractivity contribution in [1.82, 2.24) is 5.32 Å². The fraction of sp³-hybridized carbons (Fsp3) is 1.00. The van der Waals surface area contributed by atoms with Crippen LogP contribution in [0, 0.1) is 0 Å². The van der Waals surface area contributed by atoms with Gasteiger partial charge in [-0.25, -0.2) is 0 Å². The lowest BCUT2D eigenvalue weighted by Gasteiger charge is -2.02. The van der Waals surface area contributed by atoms with Crippen molar-refractivity contribution in [1.29, 1.82) is 0 Å². The van der Waals surface area contributed by atoms with Gasteiger partial charge in [0, 0.05) is 6.04 Å². The first kappa shape index (κ1) is 13.9. The summed E-state index contributed by atoms with van der Waals surface area (Å²) in [6.07, 6.45) is 5.79. The van der Waals surface area contributed by atoms with Crippen molar-refractivity contribution in [3.63, 3.8) is 0 Å². The Balaban J connectivity index is 0. The van der Waals surface area contributed by atoms with Crippen molar-refractivity contribution < 1.29 is 0 Å². The van der Waals surface area contributed by atoms with Crippen LogP contribution < -0.4 is 5.32 Å². The number of hydrogen-bond acceptors (Lipinski definition) is 2. The van der Waals surface area contributed by atoms with E-state index in [4.69, 9.17) is 0 Å². The maximum Gasteiger partial charge on any atom is 0.00649 e. The zero-order chi connectivity index (χ0) is 9.11. The molecule has 2 heteroatoms. The van der Waals surface area contributed by atoms with Crippen molar-refractivity contribution in [3.8, 4) is 0 Å². The average Bonchev–Trinajstić information content (AvgIpc) is 2.63. The number of thiol groups is 1. The molecule has 0 aliphatic carbocycles. The second-order valence-electron chi connectivity index (χ2n) is 2.20. The molecule has 1 saturated heterocycles. The summed E-state index contributed by atoms with van der Waals surface area (Å²) in [5, 5.41) is 3.41. The van der Waals surface area contributed by atoms with Crippen molar-refractivity contribution in [2.75, 3.05) is 12.8 Å². The van der Waals surface area contributed by atoms with Gasteiger partial charge in [0.25, 0.3) is 0 Å². The van der Waals surface area contributed by atoms with E-state index >= 15 is 0 Å². The van der Waals surface area contributed by atoms with Gasteiger partial charge in [-0.3, -0.25) is 0 Å². The molecule has 1 aliphatic rings. The second-order valence-corrected chi connectivity index (χ2v) is 2.20. The smallest absolute Gasteiger partial charge is 0.00649 e. The lowest BCUT2D eigenvalue weighted by molar-refractivity contribution is 0.587. The van der Waals surface area contributed by atoms with Crippen LogP contribution in [0.2, 0.25) is 0 Å². The van der Waals surface area contributed by atoms with Crippen molar-refractivity contribution in [3.05, 3.63) is 0 Å². The molecule has 0 aromatic heterocycles. The van der Waals surface area contributed by atoms with Gasteiger partial charge in [0.05, 0.1) is 0 Å². The SMILES string of the molecule is CC.CCC1CCCN1.CS. The molecule has 0 saturated carbocycles. The standard InChI is InChI=1S/C6H13N.C2H6.CH4S/c1-2-6-4-3-5-7-6;2*1-2/h6-7H,2-5H2,1H3;1-2H3;2H,1H3. The van der Waals surface area contributed by atoms with E-state index in [1.165, 1.54) is 25.8 Å². The van der Waals surface area contributed by atoms with Crippen molar-refractivity contribution in [2.24, 2.45) is 0 Å². The van der Waals surface area contributed by atoms with Crippen LogP contribution >= 0.6 is 12.6 Å². The highest BCUT2D eigenvalue weighted by molar-refractivity contribution is 7.79. The monoisotopic (exact) mass is 177 g/mol. The van der Waals surface area contributed by atoms with E-state index in [1.54, 1.807) is 6.26 Å². The second kappa shape index (κ2) is 12.9. The molecular weight excluding hydrogens is 154 g/mol. The normalized spacial score (nSPS) is 21.0. The molecule has 1 atom stereocenters. The van der Waals surface area contributed by atoms with Crippen LogP contribution in [0.15, 0.2) is 0 Å². The first-order chi connectivity index (χ1) is 5.43. The van der Waals surface area contributed by atoms with Crippen LogP contribution in [0.5, 0.6) is 0 Å². The summed E-state index contributed by atoms with van der Waals surface area (Å²) in [5.41, 5.74) is 0. The van der Waals surface area contributed by atoms with Gasteiger partial charge < -0.3 is 5.32 Å². The summed E-state index contributed by atoms with van der Waals surface area (Å²) in [7, 11) is 0. The quantitative estimate of drug-likeness (QED) is 0.587. The van der Waals surface area contributed by atoms with Crippen molar-refractivity contribution in [2.45, 2.75) is 46.1 Å². The summed E-state index contributed by atoms with van der Waals surface area (Å²) in [6.45, 7) is 7.49. The molecule has 0 radical (unpaired) electrons. The third kappa shape index (κ3) is 8.21. The summed E-state index contributed by atoms with van der Waals surface area (Å²) in [4.78, 5) is 0. The van der Waals surface area contributed by atoms with E-state index in [0.29, 0.717) is 0 Å². The Labute approximate surface area is 77.4 Å². The van der Waals surface area contributed by atoms with Gasteiger partial charge in [0.2, 0.25) is 0 Å². The molecule has 1 unspecified atom stereocenters. The van der Waals surface area contributed by atoms with Crippen LogP contribution in [0.4, 0.5) is 0 Å². The molecule has 0 bridgehead atoms. The Morgan fingerprint density at radius 1 is 1.36 bits per heavy atom. The summed E-state index contributed by atoms with van der Waals surface area (Å²) in [5.74, 6) is 0. The fourth-order valence-corrected chi connectivity index (χ4v) is 1.11. The van der Waals surface area contributed by atoms with Crippen LogP contribution in [-0.2, 0) is 0 Å². The zero-order valence-electron chi connectivity index (χ0n) is 8.35. The minimum absolute atomic E-state index is 0.847. The first-order valence-electron chi connectivity index (χ1n) is 4.61. The minimum atomic E-state index is 0.847. The molecule has 70 valence electrons. The predicted molar refractivity (Wildman–Crippen MR) is 57.6 cm³/mol. The van der Waals surface area contributed by atoms with Gasteiger partial charge >= 0.3 is 0 Å². The predicted octanol–water partition coefficient (Wildman–Crippen LogP) is 2.72. The maximum atomic E-state index is 3.53. The Kier molecular flexibility index (Phi) is 16.3. The third-order valence-corrected chi connectivity index (χ3v) is 1.66. The molecule has 1 nitrogen and oxygen atoms in total. The highest BCUT2D eigenvalue weighted by Crippen LogP contribution is 2.06. The number of hydrogen-bond donors (Lipinski definition) is 2. The van der Waals surface area contributed by atoms with Gasteiger partial charge in [-0.2, -0.15) is 12.6 Å². The van der Waals surface area contributed by atoms with E-state index in [-0.39, 0.29) is 0 Å². The third-order valence-electron chi connectivity index (χ3n) is 1.66. The molecule has 1 aliphatic heterocycles. The molecule has 1 rings (SSSR count). The van der Waals surface area contributed by atoms with Gasteiger partial charge in [0.15, 0.2) is 0 Å². The molecule has 1 N–H and O–H groups in total. The largest absolute Gasteiger partial charge is 0.314 e. The first-order valence-corrected chi connectivity index (χ1v) is 5.51. The summed E-state index contributed by atoms with van der Waals surface area (Å²) in [6, 6.07) is 0.847. The van der Waals surface area contributed by atoms with E-state index in [1.807, 2.05) is 13.8 Å². The number of rotatable bonds is 1. The van der Waals surface area contributed by atoms with Crippen molar-refractivity contribution >= 4 is 12.6 Å². The molecule has 1 heterocycles. The number of nitrogens with one attached hydrogen (secondary N) is 1. The highest BCUT2D eigenvalue weighted by atomic mass is 32.1. The van der Waals surface area contributed by atoms with E-state index < -0.39 is 0 Å². The van der Waals surface area contributed by atoms with Crippen LogP contribution in [0.1, 0.15) is 40.0 Å². The topological polar surface area (TPSA) is 12.0 Å². The maximum absolute atomic E-state index is 3.53. The van der Waals surface area contributed by atoms with E-state index in [9.17, 15) is 0 Å². The Morgan fingerprint density at radius 2 is 1.91 bits per heavy atom. The Morgan fingerprint density at radius 3 is 2.09 bits per heavy atom. The minimum Gasteiger partial charge on any atom is -0.314 e. The van der Waals surface area contributed by atoms with Crippen LogP contribution in [0.25, 0.3) is 0 Å². The van der Waals surface area contributed by atoms with Crippen LogP contribution in [-0.4, -0.2) is 18.8 Å². The lowest BCUT2D eigenvalue weighted by atomic mass is 10.2. The Bertz CT molecular complexity index is 51.5. The molecule has 0 spiro atoms. The van der Waals surface area contributed by atoms with E-state index in [2.05, 4.69) is 24.9 Å². The van der Waals surface area contributed by atoms with Gasteiger partial charge in [-0.05, 0) is 32.1 Å². The fourth-order valence-electron chi connectivity index (χ4n) is 1.11. The zero-order valence-corrected chi connectivity index (χ0v) is 9.25. The molecule has 11 heavy (non-hydrogen) atoms. The van der Waals surface area contributed by atoms with Crippen LogP contribution in [0.3, 0.4) is 0 Å². The Hall–Kier alpha value is 0.310. The summed E-state index contributed by atoms with van der Waals surface area (Å²) < 4.78 is 0.